The predicted octanol–water partition coefficient (Wildman–Crippen LogP) is 4.53. The van der Waals surface area contributed by atoms with E-state index in [1.165, 1.54) is 0 Å². The van der Waals surface area contributed by atoms with E-state index in [4.69, 9.17) is 9.72 Å². The molecule has 0 aliphatic carbocycles. The van der Waals surface area contributed by atoms with Gasteiger partial charge in [0, 0.05) is 13.2 Å². The summed E-state index contributed by atoms with van der Waals surface area (Å²) in [5, 5.41) is 3.29. The molecule has 1 heterocycles. The van der Waals surface area contributed by atoms with Crippen molar-refractivity contribution in [3.05, 3.63) is 16.0 Å². The average molecular weight is 344 g/mol. The number of hydrogen-bond donors (Lipinski definition) is 1. The Bertz CT molecular complexity index is 435. The molecule has 1 aromatic rings. The quantitative estimate of drug-likeness (QED) is 0.790. The number of hydrogen-bond acceptors (Lipinski definition) is 4. The molecule has 5 heteroatoms. The van der Waals surface area contributed by atoms with Crippen molar-refractivity contribution < 1.29 is 4.74 Å². The van der Waals surface area contributed by atoms with E-state index in [-0.39, 0.29) is 6.10 Å². The second kappa shape index (κ2) is 7.93. The van der Waals surface area contributed by atoms with Gasteiger partial charge >= 0.3 is 0 Å². The molecule has 0 aromatic carbocycles. The van der Waals surface area contributed by atoms with Crippen LogP contribution in [0.5, 0.6) is 0 Å². The molecule has 114 valence electrons. The van der Waals surface area contributed by atoms with Gasteiger partial charge in [0.2, 0.25) is 0 Å². The second-order valence-corrected chi connectivity index (χ2v) is 6.23. The minimum absolute atomic E-state index is 0.0667. The number of anilines is 1. The maximum absolute atomic E-state index is 5.83. The Morgan fingerprint density at radius 3 is 2.25 bits per heavy atom. The van der Waals surface area contributed by atoms with Crippen LogP contribution in [-0.2, 0) is 4.74 Å². The summed E-state index contributed by atoms with van der Waals surface area (Å²) in [6.07, 6.45) is -0.0667. The van der Waals surface area contributed by atoms with Crippen molar-refractivity contribution in [1.82, 2.24) is 9.97 Å². The first-order valence-electron chi connectivity index (χ1n) is 7.35. The topological polar surface area (TPSA) is 47.0 Å². The lowest BCUT2D eigenvalue weighted by atomic mass is 10.1. The lowest BCUT2D eigenvalue weighted by molar-refractivity contribution is 0.0231. The molecule has 0 amide bonds. The van der Waals surface area contributed by atoms with E-state index in [9.17, 15) is 0 Å². The van der Waals surface area contributed by atoms with Crippen LogP contribution in [0.15, 0.2) is 4.47 Å². The van der Waals surface area contributed by atoms with E-state index in [1.54, 1.807) is 0 Å². The summed E-state index contributed by atoms with van der Waals surface area (Å²) in [5.41, 5.74) is 1.02. The summed E-state index contributed by atoms with van der Waals surface area (Å²) in [4.78, 5) is 9.38. The summed E-state index contributed by atoms with van der Waals surface area (Å²) in [6, 6.07) is 0. The fraction of sp³-hybridized carbons (Fsp3) is 0.733. The van der Waals surface area contributed by atoms with E-state index < -0.39 is 0 Å². The number of nitrogens with zero attached hydrogens (tertiary/aromatic N) is 2. The molecular weight excluding hydrogens is 318 g/mol. The summed E-state index contributed by atoms with van der Waals surface area (Å²) in [7, 11) is 0. The molecular formula is C15H26BrN3O. The number of nitrogens with one attached hydrogen (secondary N) is 1. The monoisotopic (exact) mass is 343 g/mol. The minimum atomic E-state index is -0.0667. The molecule has 0 saturated heterocycles. The van der Waals surface area contributed by atoms with E-state index in [0.717, 1.165) is 28.4 Å². The van der Waals surface area contributed by atoms with Gasteiger partial charge < -0.3 is 10.1 Å². The third kappa shape index (κ3) is 4.16. The Morgan fingerprint density at radius 2 is 1.80 bits per heavy atom. The van der Waals surface area contributed by atoms with Crippen LogP contribution in [-0.4, -0.2) is 23.1 Å². The largest absolute Gasteiger partial charge is 0.370 e. The molecule has 0 aliphatic rings. The Balaban J connectivity index is 3.31. The van der Waals surface area contributed by atoms with Crippen LogP contribution in [0.25, 0.3) is 0 Å². The van der Waals surface area contributed by atoms with Gasteiger partial charge in [-0.25, -0.2) is 9.97 Å². The molecule has 1 unspecified atom stereocenters. The fourth-order valence-corrected chi connectivity index (χ4v) is 2.80. The smallest absolute Gasteiger partial charge is 0.160 e. The third-order valence-electron chi connectivity index (χ3n) is 2.99. The highest BCUT2D eigenvalue weighted by Crippen LogP contribution is 2.32. The summed E-state index contributed by atoms with van der Waals surface area (Å²) < 4.78 is 6.78. The number of aromatic nitrogens is 2. The molecule has 1 aromatic heterocycles. The Labute approximate surface area is 130 Å². The zero-order valence-corrected chi connectivity index (χ0v) is 14.9. The first kappa shape index (κ1) is 17.4. The van der Waals surface area contributed by atoms with Crippen molar-refractivity contribution in [2.24, 2.45) is 5.92 Å². The molecule has 0 saturated carbocycles. The molecule has 0 bridgehead atoms. The molecule has 1 atom stereocenters. The first-order chi connectivity index (χ1) is 9.42. The van der Waals surface area contributed by atoms with Crippen LogP contribution in [0.3, 0.4) is 0 Å². The summed E-state index contributed by atoms with van der Waals surface area (Å²) in [5.74, 6) is 2.29. The van der Waals surface area contributed by atoms with E-state index >= 15 is 0 Å². The van der Waals surface area contributed by atoms with Crippen molar-refractivity contribution in [2.45, 2.75) is 53.6 Å². The van der Waals surface area contributed by atoms with Gasteiger partial charge in [-0.15, -0.1) is 0 Å². The van der Waals surface area contributed by atoms with Crippen LogP contribution in [0.1, 0.15) is 65.1 Å². The van der Waals surface area contributed by atoms with Crippen molar-refractivity contribution in [1.29, 1.82) is 0 Å². The maximum Gasteiger partial charge on any atom is 0.160 e. The molecule has 0 spiro atoms. The SMILES string of the molecule is CCNc1nc(C(OCC)C(C)C)nc(C(C)C)c1Br. The lowest BCUT2D eigenvalue weighted by Crippen LogP contribution is -2.18. The molecule has 1 N–H and O–H groups in total. The molecule has 20 heavy (non-hydrogen) atoms. The molecule has 0 aliphatic heterocycles. The zero-order valence-electron chi connectivity index (χ0n) is 13.3. The second-order valence-electron chi connectivity index (χ2n) is 5.43. The zero-order chi connectivity index (χ0) is 15.3. The molecule has 1 rings (SSSR count). The lowest BCUT2D eigenvalue weighted by Gasteiger charge is -2.22. The van der Waals surface area contributed by atoms with Gasteiger partial charge in [-0.2, -0.15) is 0 Å². The van der Waals surface area contributed by atoms with Crippen molar-refractivity contribution in [2.75, 3.05) is 18.5 Å². The molecule has 0 radical (unpaired) electrons. The van der Waals surface area contributed by atoms with E-state index in [1.807, 2.05) is 6.92 Å². The number of halogens is 1. The van der Waals surface area contributed by atoms with Gasteiger partial charge in [-0.05, 0) is 41.6 Å². The van der Waals surface area contributed by atoms with Crippen LogP contribution in [0.4, 0.5) is 5.82 Å². The van der Waals surface area contributed by atoms with E-state index in [2.05, 4.69) is 60.8 Å². The average Bonchev–Trinajstić information content (AvgIpc) is 2.38. The van der Waals surface area contributed by atoms with E-state index in [0.29, 0.717) is 18.4 Å². The van der Waals surface area contributed by atoms with Crippen LogP contribution >= 0.6 is 15.9 Å². The maximum atomic E-state index is 5.83. The van der Waals surface area contributed by atoms with Crippen molar-refractivity contribution in [3.63, 3.8) is 0 Å². The third-order valence-corrected chi connectivity index (χ3v) is 3.77. The first-order valence-corrected chi connectivity index (χ1v) is 8.14. The van der Waals surface area contributed by atoms with Gasteiger partial charge in [0.15, 0.2) is 5.82 Å². The fourth-order valence-electron chi connectivity index (χ4n) is 2.02. The number of ether oxygens (including phenoxy) is 1. The highest BCUT2D eigenvalue weighted by Gasteiger charge is 2.23. The van der Waals surface area contributed by atoms with Gasteiger partial charge in [-0.3, -0.25) is 0 Å². The minimum Gasteiger partial charge on any atom is -0.370 e. The normalized spacial score (nSPS) is 13.1. The van der Waals surface area contributed by atoms with Gasteiger partial charge in [-0.1, -0.05) is 27.7 Å². The molecule has 0 fully saturated rings. The Morgan fingerprint density at radius 1 is 1.15 bits per heavy atom. The van der Waals surface area contributed by atoms with Gasteiger partial charge in [0.05, 0.1) is 10.2 Å². The standard InChI is InChI=1S/C15H26BrN3O/c1-7-17-14-11(16)12(9(3)4)18-15(19-14)13(10(5)6)20-8-2/h9-10,13H,7-8H2,1-6H3,(H,17,18,19). The molecule has 4 nitrogen and oxygen atoms in total. The highest BCUT2D eigenvalue weighted by molar-refractivity contribution is 9.10. The van der Waals surface area contributed by atoms with Gasteiger partial charge in [0.1, 0.15) is 11.9 Å². The Kier molecular flexibility index (Phi) is 6.89. The predicted molar refractivity (Wildman–Crippen MR) is 87.2 cm³/mol. The summed E-state index contributed by atoms with van der Waals surface area (Å²) >= 11 is 3.61. The van der Waals surface area contributed by atoms with Crippen molar-refractivity contribution >= 4 is 21.7 Å². The van der Waals surface area contributed by atoms with Crippen LogP contribution in [0, 0.1) is 5.92 Å². The highest BCUT2D eigenvalue weighted by atomic mass is 79.9. The van der Waals surface area contributed by atoms with Crippen LogP contribution < -0.4 is 5.32 Å². The number of rotatable bonds is 7. The summed E-state index contributed by atoms with van der Waals surface area (Å²) in [6.45, 7) is 14.1. The van der Waals surface area contributed by atoms with Gasteiger partial charge in [0.25, 0.3) is 0 Å². The van der Waals surface area contributed by atoms with Crippen LogP contribution in [0.2, 0.25) is 0 Å². The van der Waals surface area contributed by atoms with Crippen molar-refractivity contribution in [3.8, 4) is 0 Å². The Hall–Kier alpha value is -0.680.